The van der Waals surface area contributed by atoms with Crippen LogP contribution in [0.1, 0.15) is 0 Å². The van der Waals surface area contributed by atoms with Crippen LogP contribution in [0.15, 0.2) is 40.8 Å². The number of hydrogen-bond acceptors (Lipinski definition) is 3. The van der Waals surface area contributed by atoms with E-state index in [1.165, 1.54) is 6.07 Å². The second kappa shape index (κ2) is 4.19. The van der Waals surface area contributed by atoms with E-state index in [0.717, 1.165) is 0 Å². The molecule has 0 unspecified atom stereocenters. The fraction of sp³-hybridized carbons (Fsp3) is 0. The molecule has 0 amide bonds. The fourth-order valence-corrected chi connectivity index (χ4v) is 2.21. The van der Waals surface area contributed by atoms with Crippen molar-refractivity contribution in [1.29, 1.82) is 0 Å². The Morgan fingerprint density at radius 2 is 1.89 bits per heavy atom. The Kier molecular flexibility index (Phi) is 2.65. The molecule has 0 saturated heterocycles. The van der Waals surface area contributed by atoms with Crippen molar-refractivity contribution in [2.75, 3.05) is 0 Å². The summed E-state index contributed by atoms with van der Waals surface area (Å²) in [7, 11) is 0. The normalized spacial score (nSPS) is 11.0. The molecule has 2 aromatic carbocycles. The van der Waals surface area contributed by atoms with Crippen LogP contribution in [0.3, 0.4) is 0 Å². The van der Waals surface area contributed by atoms with E-state index >= 15 is 0 Å². The number of phenolic OH excluding ortho intramolecular Hbond substituents is 1. The number of phenols is 1. The highest BCUT2D eigenvalue weighted by Crippen LogP contribution is 2.38. The SMILES string of the molecule is Oc1c(Cl)cc(Cl)cc1-c1nc2ccccc2o1. The first-order chi connectivity index (χ1) is 8.65. The Bertz CT molecular complexity index is 704. The van der Waals surface area contributed by atoms with Crippen LogP contribution in [-0.4, -0.2) is 10.1 Å². The molecule has 0 atom stereocenters. The first-order valence-corrected chi connectivity index (χ1v) is 5.95. The van der Waals surface area contributed by atoms with Crippen LogP contribution in [-0.2, 0) is 0 Å². The predicted molar refractivity (Wildman–Crippen MR) is 71.1 cm³/mol. The van der Waals surface area contributed by atoms with Gasteiger partial charge in [0.15, 0.2) is 5.58 Å². The van der Waals surface area contributed by atoms with Gasteiger partial charge in [-0.15, -0.1) is 0 Å². The number of para-hydroxylation sites is 2. The van der Waals surface area contributed by atoms with Crippen molar-refractivity contribution in [3.8, 4) is 17.2 Å². The molecule has 1 heterocycles. The van der Waals surface area contributed by atoms with Crippen molar-refractivity contribution in [2.45, 2.75) is 0 Å². The summed E-state index contributed by atoms with van der Waals surface area (Å²) in [6.07, 6.45) is 0. The van der Waals surface area contributed by atoms with E-state index in [4.69, 9.17) is 27.6 Å². The molecular weight excluding hydrogens is 273 g/mol. The van der Waals surface area contributed by atoms with Gasteiger partial charge in [0, 0.05) is 5.02 Å². The third-order valence-electron chi connectivity index (χ3n) is 2.55. The van der Waals surface area contributed by atoms with Gasteiger partial charge in [-0.25, -0.2) is 4.98 Å². The van der Waals surface area contributed by atoms with Crippen molar-refractivity contribution in [3.63, 3.8) is 0 Å². The van der Waals surface area contributed by atoms with E-state index in [9.17, 15) is 5.11 Å². The molecule has 3 aromatic rings. The summed E-state index contributed by atoms with van der Waals surface area (Å²) < 4.78 is 5.56. The predicted octanol–water partition coefficient (Wildman–Crippen LogP) is 4.51. The number of aromatic hydroxyl groups is 1. The lowest BCUT2D eigenvalue weighted by molar-refractivity contribution is 0.474. The van der Waals surface area contributed by atoms with Crippen molar-refractivity contribution >= 4 is 34.3 Å². The summed E-state index contributed by atoms with van der Waals surface area (Å²) >= 11 is 11.8. The maximum Gasteiger partial charge on any atom is 0.231 e. The molecule has 3 rings (SSSR count). The zero-order valence-corrected chi connectivity index (χ0v) is 10.5. The second-order valence-electron chi connectivity index (χ2n) is 3.77. The minimum Gasteiger partial charge on any atom is -0.506 e. The first kappa shape index (κ1) is 11.4. The van der Waals surface area contributed by atoms with Crippen LogP contribution in [0.5, 0.6) is 5.75 Å². The van der Waals surface area contributed by atoms with E-state index in [0.29, 0.717) is 21.7 Å². The number of hydrogen-bond donors (Lipinski definition) is 1. The number of halogens is 2. The van der Waals surface area contributed by atoms with Crippen molar-refractivity contribution < 1.29 is 9.52 Å². The molecule has 5 heteroatoms. The van der Waals surface area contributed by atoms with Gasteiger partial charge in [-0.3, -0.25) is 0 Å². The Labute approximate surface area is 113 Å². The molecule has 0 saturated carbocycles. The summed E-state index contributed by atoms with van der Waals surface area (Å²) in [5.41, 5.74) is 1.73. The zero-order valence-electron chi connectivity index (χ0n) is 9.02. The third kappa shape index (κ3) is 1.82. The van der Waals surface area contributed by atoms with E-state index in [-0.39, 0.29) is 16.7 Å². The quantitative estimate of drug-likeness (QED) is 0.713. The van der Waals surface area contributed by atoms with E-state index in [1.807, 2.05) is 18.2 Å². The van der Waals surface area contributed by atoms with Gasteiger partial charge in [0.25, 0.3) is 0 Å². The summed E-state index contributed by atoms with van der Waals surface area (Å²) in [5, 5.41) is 10.5. The highest BCUT2D eigenvalue weighted by atomic mass is 35.5. The zero-order chi connectivity index (χ0) is 12.7. The molecule has 0 radical (unpaired) electrons. The van der Waals surface area contributed by atoms with Gasteiger partial charge < -0.3 is 9.52 Å². The lowest BCUT2D eigenvalue weighted by Gasteiger charge is -2.02. The first-order valence-electron chi connectivity index (χ1n) is 5.19. The number of nitrogens with zero attached hydrogens (tertiary/aromatic N) is 1. The van der Waals surface area contributed by atoms with E-state index in [1.54, 1.807) is 12.1 Å². The highest BCUT2D eigenvalue weighted by molar-refractivity contribution is 6.36. The molecular formula is C13H7Cl2NO2. The smallest absolute Gasteiger partial charge is 0.231 e. The summed E-state index contributed by atoms with van der Waals surface area (Å²) in [6.45, 7) is 0. The lowest BCUT2D eigenvalue weighted by atomic mass is 10.2. The van der Waals surface area contributed by atoms with Crippen molar-refractivity contribution in [3.05, 3.63) is 46.4 Å². The Balaban J connectivity index is 2.26. The van der Waals surface area contributed by atoms with Crippen LogP contribution >= 0.6 is 23.2 Å². The molecule has 90 valence electrons. The largest absolute Gasteiger partial charge is 0.506 e. The molecule has 0 aliphatic heterocycles. The maximum atomic E-state index is 9.91. The van der Waals surface area contributed by atoms with Crippen molar-refractivity contribution in [1.82, 2.24) is 4.98 Å². The number of benzene rings is 2. The van der Waals surface area contributed by atoms with Crippen molar-refractivity contribution in [2.24, 2.45) is 0 Å². The van der Waals surface area contributed by atoms with Gasteiger partial charge in [0.2, 0.25) is 5.89 Å². The van der Waals surface area contributed by atoms with Gasteiger partial charge >= 0.3 is 0 Å². The summed E-state index contributed by atoms with van der Waals surface area (Å²) in [4.78, 5) is 4.28. The molecule has 0 aliphatic carbocycles. The lowest BCUT2D eigenvalue weighted by Crippen LogP contribution is -1.80. The maximum absolute atomic E-state index is 9.91. The highest BCUT2D eigenvalue weighted by Gasteiger charge is 2.15. The Hall–Kier alpha value is -1.71. The topological polar surface area (TPSA) is 46.3 Å². The number of fused-ring (bicyclic) bond motifs is 1. The van der Waals surface area contributed by atoms with Gasteiger partial charge in [0.1, 0.15) is 11.3 Å². The molecule has 0 aliphatic rings. The molecule has 18 heavy (non-hydrogen) atoms. The second-order valence-corrected chi connectivity index (χ2v) is 4.61. The van der Waals surface area contributed by atoms with Crippen LogP contribution < -0.4 is 0 Å². The number of oxazole rings is 1. The Morgan fingerprint density at radius 3 is 2.67 bits per heavy atom. The molecule has 1 aromatic heterocycles. The Morgan fingerprint density at radius 1 is 1.11 bits per heavy atom. The summed E-state index contributed by atoms with van der Waals surface area (Å²) in [6, 6.07) is 10.4. The number of aromatic nitrogens is 1. The van der Waals surface area contributed by atoms with Crippen LogP contribution in [0.4, 0.5) is 0 Å². The fourth-order valence-electron chi connectivity index (χ4n) is 1.72. The molecule has 0 fully saturated rings. The molecule has 3 nitrogen and oxygen atoms in total. The van der Waals surface area contributed by atoms with Gasteiger partial charge in [0.05, 0.1) is 10.6 Å². The summed E-state index contributed by atoms with van der Waals surface area (Å²) in [5.74, 6) is 0.200. The monoisotopic (exact) mass is 279 g/mol. The molecule has 1 N–H and O–H groups in total. The van der Waals surface area contributed by atoms with Crippen LogP contribution in [0.2, 0.25) is 10.0 Å². The van der Waals surface area contributed by atoms with Gasteiger partial charge in [-0.1, -0.05) is 35.3 Å². The van der Waals surface area contributed by atoms with E-state index in [2.05, 4.69) is 4.98 Å². The minimum absolute atomic E-state index is 0.0902. The van der Waals surface area contributed by atoms with Crippen LogP contribution in [0.25, 0.3) is 22.6 Å². The molecule has 0 spiro atoms. The average Bonchev–Trinajstić information content (AvgIpc) is 2.77. The number of rotatable bonds is 1. The average molecular weight is 280 g/mol. The van der Waals surface area contributed by atoms with Crippen LogP contribution in [0, 0.1) is 0 Å². The minimum atomic E-state index is -0.0902. The standard InChI is InChI=1S/C13H7Cl2NO2/c14-7-5-8(12(17)9(15)6-7)13-16-10-3-1-2-4-11(10)18-13/h1-6,17H. The van der Waals surface area contributed by atoms with Gasteiger partial charge in [-0.05, 0) is 24.3 Å². The van der Waals surface area contributed by atoms with Gasteiger partial charge in [-0.2, -0.15) is 0 Å². The molecule has 0 bridgehead atoms. The van der Waals surface area contributed by atoms with E-state index < -0.39 is 0 Å². The third-order valence-corrected chi connectivity index (χ3v) is 3.06.